The Kier molecular flexibility index (Phi) is 3.80. The molecule has 1 heterocycles. The SMILES string of the molecule is Cn1cc(C(=O)Nc2cc(Cl)c(Cl)cc2Cl)cn1. The molecule has 0 spiro atoms. The second-order valence-corrected chi connectivity index (χ2v) is 4.82. The number of nitrogens with zero attached hydrogens (tertiary/aromatic N) is 2. The molecule has 0 saturated carbocycles. The number of halogens is 3. The summed E-state index contributed by atoms with van der Waals surface area (Å²) in [6.45, 7) is 0. The zero-order chi connectivity index (χ0) is 13.3. The molecule has 0 radical (unpaired) electrons. The van der Waals surface area contributed by atoms with Gasteiger partial charge in [-0.15, -0.1) is 0 Å². The summed E-state index contributed by atoms with van der Waals surface area (Å²) in [6.07, 6.45) is 3.06. The van der Waals surface area contributed by atoms with E-state index in [0.717, 1.165) is 0 Å². The van der Waals surface area contributed by atoms with Crippen LogP contribution in [0.1, 0.15) is 10.4 Å². The first kappa shape index (κ1) is 13.2. The van der Waals surface area contributed by atoms with Gasteiger partial charge in [-0.05, 0) is 12.1 Å². The monoisotopic (exact) mass is 303 g/mol. The molecule has 0 aliphatic heterocycles. The molecule has 1 N–H and O–H groups in total. The van der Waals surface area contributed by atoms with Crippen LogP contribution in [0.5, 0.6) is 0 Å². The number of aromatic nitrogens is 2. The van der Waals surface area contributed by atoms with Crippen molar-refractivity contribution in [3.05, 3.63) is 45.2 Å². The third kappa shape index (κ3) is 2.77. The lowest BCUT2D eigenvalue weighted by molar-refractivity contribution is 0.102. The van der Waals surface area contributed by atoms with E-state index in [2.05, 4.69) is 10.4 Å². The Morgan fingerprint density at radius 3 is 2.50 bits per heavy atom. The Labute approximate surface area is 118 Å². The lowest BCUT2D eigenvalue weighted by Gasteiger charge is -2.07. The van der Waals surface area contributed by atoms with E-state index in [1.165, 1.54) is 23.0 Å². The van der Waals surface area contributed by atoms with Gasteiger partial charge in [0.15, 0.2) is 0 Å². The van der Waals surface area contributed by atoms with E-state index < -0.39 is 0 Å². The van der Waals surface area contributed by atoms with Crippen molar-refractivity contribution in [2.75, 3.05) is 5.32 Å². The molecular weight excluding hydrogens is 296 g/mol. The zero-order valence-corrected chi connectivity index (χ0v) is 11.5. The molecule has 1 amide bonds. The van der Waals surface area contributed by atoms with Crippen LogP contribution in [0.2, 0.25) is 15.1 Å². The highest BCUT2D eigenvalue weighted by molar-refractivity contribution is 6.44. The molecule has 1 aromatic carbocycles. The molecule has 2 aromatic rings. The highest BCUT2D eigenvalue weighted by Crippen LogP contribution is 2.32. The van der Waals surface area contributed by atoms with Crippen LogP contribution in [0, 0.1) is 0 Å². The van der Waals surface area contributed by atoms with Crippen LogP contribution in [0.25, 0.3) is 0 Å². The fourth-order valence-corrected chi connectivity index (χ4v) is 1.95. The van der Waals surface area contributed by atoms with Crippen molar-refractivity contribution >= 4 is 46.4 Å². The van der Waals surface area contributed by atoms with Crippen LogP contribution < -0.4 is 5.32 Å². The molecule has 0 saturated heterocycles. The summed E-state index contributed by atoms with van der Waals surface area (Å²) in [4.78, 5) is 11.9. The molecule has 2 rings (SSSR count). The van der Waals surface area contributed by atoms with E-state index in [1.54, 1.807) is 13.2 Å². The number of carbonyl (C=O) groups excluding carboxylic acids is 1. The molecule has 0 aliphatic carbocycles. The standard InChI is InChI=1S/C11H8Cl3N3O/c1-17-5-6(4-15-17)11(18)16-10-3-8(13)7(12)2-9(10)14/h2-5H,1H3,(H,16,18). The third-order valence-corrected chi connectivity index (χ3v) is 3.26. The van der Waals surface area contributed by atoms with Gasteiger partial charge in [-0.25, -0.2) is 0 Å². The van der Waals surface area contributed by atoms with E-state index in [9.17, 15) is 4.79 Å². The van der Waals surface area contributed by atoms with Crippen LogP contribution in [0.3, 0.4) is 0 Å². The maximum atomic E-state index is 11.9. The van der Waals surface area contributed by atoms with Gasteiger partial charge >= 0.3 is 0 Å². The lowest BCUT2D eigenvalue weighted by atomic mass is 10.3. The number of nitrogens with one attached hydrogen (secondary N) is 1. The van der Waals surface area contributed by atoms with Gasteiger partial charge in [-0.1, -0.05) is 34.8 Å². The Bertz CT molecular complexity index is 610. The summed E-state index contributed by atoms with van der Waals surface area (Å²) < 4.78 is 1.53. The Balaban J connectivity index is 2.24. The molecule has 1 aromatic heterocycles. The zero-order valence-electron chi connectivity index (χ0n) is 9.25. The summed E-state index contributed by atoms with van der Waals surface area (Å²) in [5.41, 5.74) is 0.833. The van der Waals surface area contributed by atoms with Crippen molar-refractivity contribution in [3.63, 3.8) is 0 Å². The second kappa shape index (κ2) is 5.18. The molecule has 94 valence electrons. The minimum absolute atomic E-state index is 0.316. The quantitative estimate of drug-likeness (QED) is 0.861. The predicted molar refractivity (Wildman–Crippen MR) is 72.6 cm³/mol. The van der Waals surface area contributed by atoms with Crippen LogP contribution in [0.15, 0.2) is 24.5 Å². The molecule has 0 aliphatic rings. The molecule has 4 nitrogen and oxygen atoms in total. The summed E-state index contributed by atoms with van der Waals surface area (Å²) >= 11 is 17.6. The van der Waals surface area contributed by atoms with Crippen molar-refractivity contribution in [1.82, 2.24) is 9.78 Å². The molecule has 0 bridgehead atoms. The molecule has 0 fully saturated rings. The van der Waals surface area contributed by atoms with Crippen molar-refractivity contribution in [2.45, 2.75) is 0 Å². The fourth-order valence-electron chi connectivity index (χ4n) is 1.35. The predicted octanol–water partition coefficient (Wildman–Crippen LogP) is 3.63. The number of hydrogen-bond donors (Lipinski definition) is 1. The largest absolute Gasteiger partial charge is 0.320 e. The van der Waals surface area contributed by atoms with E-state index >= 15 is 0 Å². The highest BCUT2D eigenvalue weighted by Gasteiger charge is 2.12. The van der Waals surface area contributed by atoms with E-state index in [-0.39, 0.29) is 5.91 Å². The normalized spacial score (nSPS) is 10.4. The Hall–Kier alpha value is -1.23. The van der Waals surface area contributed by atoms with Gasteiger partial charge in [0, 0.05) is 13.2 Å². The number of aryl methyl sites for hydroxylation is 1. The van der Waals surface area contributed by atoms with E-state index in [4.69, 9.17) is 34.8 Å². The van der Waals surface area contributed by atoms with Crippen LogP contribution in [-0.2, 0) is 7.05 Å². The summed E-state index contributed by atoms with van der Waals surface area (Å²) in [7, 11) is 1.73. The van der Waals surface area contributed by atoms with Crippen molar-refractivity contribution in [2.24, 2.45) is 7.05 Å². The molecule has 18 heavy (non-hydrogen) atoms. The van der Waals surface area contributed by atoms with E-state index in [1.807, 2.05) is 0 Å². The number of anilines is 1. The van der Waals surface area contributed by atoms with Gasteiger partial charge in [-0.2, -0.15) is 5.10 Å². The first-order valence-electron chi connectivity index (χ1n) is 4.92. The van der Waals surface area contributed by atoms with Gasteiger partial charge in [0.1, 0.15) is 0 Å². The number of amides is 1. The van der Waals surface area contributed by atoms with Crippen LogP contribution >= 0.6 is 34.8 Å². The first-order chi connectivity index (χ1) is 8.47. The minimum Gasteiger partial charge on any atom is -0.320 e. The number of hydrogen-bond acceptors (Lipinski definition) is 2. The third-order valence-electron chi connectivity index (χ3n) is 2.23. The smallest absolute Gasteiger partial charge is 0.258 e. The summed E-state index contributed by atoms with van der Waals surface area (Å²) in [5, 5.41) is 7.53. The number of benzene rings is 1. The summed E-state index contributed by atoms with van der Waals surface area (Å²) in [5.74, 6) is -0.316. The van der Waals surface area contributed by atoms with Gasteiger partial charge in [0.2, 0.25) is 0 Å². The average molecular weight is 305 g/mol. The Morgan fingerprint density at radius 2 is 1.89 bits per heavy atom. The van der Waals surface area contributed by atoms with Gasteiger partial charge < -0.3 is 5.32 Å². The summed E-state index contributed by atoms with van der Waals surface area (Å²) in [6, 6.07) is 2.98. The molecule has 0 unspecified atom stereocenters. The maximum Gasteiger partial charge on any atom is 0.258 e. The van der Waals surface area contributed by atoms with Gasteiger partial charge in [0.05, 0.1) is 32.5 Å². The Morgan fingerprint density at radius 1 is 1.22 bits per heavy atom. The molecular formula is C11H8Cl3N3O. The topological polar surface area (TPSA) is 46.9 Å². The fraction of sp³-hybridized carbons (Fsp3) is 0.0909. The highest BCUT2D eigenvalue weighted by atomic mass is 35.5. The number of rotatable bonds is 2. The number of carbonyl (C=O) groups is 1. The lowest BCUT2D eigenvalue weighted by Crippen LogP contribution is -2.11. The average Bonchev–Trinajstić information content (AvgIpc) is 2.73. The van der Waals surface area contributed by atoms with Crippen LogP contribution in [-0.4, -0.2) is 15.7 Å². The van der Waals surface area contributed by atoms with Gasteiger partial charge in [-0.3, -0.25) is 9.48 Å². The van der Waals surface area contributed by atoms with Crippen LogP contribution in [0.4, 0.5) is 5.69 Å². The maximum absolute atomic E-state index is 11.9. The van der Waals surface area contributed by atoms with Crippen molar-refractivity contribution in [3.8, 4) is 0 Å². The molecule has 0 atom stereocenters. The first-order valence-corrected chi connectivity index (χ1v) is 6.05. The van der Waals surface area contributed by atoms with Crippen molar-refractivity contribution < 1.29 is 4.79 Å². The second-order valence-electron chi connectivity index (χ2n) is 3.60. The van der Waals surface area contributed by atoms with Gasteiger partial charge in [0.25, 0.3) is 5.91 Å². The van der Waals surface area contributed by atoms with E-state index in [0.29, 0.717) is 26.3 Å². The minimum atomic E-state index is -0.316. The molecule has 7 heteroatoms. The van der Waals surface area contributed by atoms with Crippen molar-refractivity contribution in [1.29, 1.82) is 0 Å².